The van der Waals surface area contributed by atoms with Crippen LogP contribution in [0.3, 0.4) is 0 Å². The molecule has 0 saturated carbocycles. The third-order valence-corrected chi connectivity index (χ3v) is 2.52. The van der Waals surface area contributed by atoms with Crippen LogP contribution >= 0.6 is 11.8 Å². The highest BCUT2D eigenvalue weighted by Gasteiger charge is 2.27. The minimum atomic E-state index is 0.0467. The first-order chi connectivity index (χ1) is 5.64. The molecule has 1 rings (SSSR count). The molecule has 0 atom stereocenters. The lowest BCUT2D eigenvalue weighted by Gasteiger charge is -2.34. The van der Waals surface area contributed by atoms with Crippen molar-refractivity contribution in [2.45, 2.75) is 26.6 Å². The van der Waals surface area contributed by atoms with E-state index < -0.39 is 0 Å². The lowest BCUT2D eigenvalue weighted by atomic mass is 9.95. The molecule has 0 aromatic heterocycles. The van der Waals surface area contributed by atoms with Crippen LogP contribution in [0.25, 0.3) is 0 Å². The largest absolute Gasteiger partial charge is 0.352 e. The number of thioether (sulfide) groups is 1. The van der Waals surface area contributed by atoms with Crippen LogP contribution in [0.15, 0.2) is 0 Å². The number of hydrogen-bond donors (Lipinski definition) is 0. The van der Waals surface area contributed by atoms with Crippen LogP contribution in [-0.2, 0) is 9.47 Å². The summed E-state index contributed by atoms with van der Waals surface area (Å²) in [7, 11) is 0. The second kappa shape index (κ2) is 4.49. The minimum absolute atomic E-state index is 0.0467. The second-order valence-electron chi connectivity index (χ2n) is 4.00. The Kier molecular flexibility index (Phi) is 3.87. The molecule has 1 heterocycles. The molecule has 2 nitrogen and oxygen atoms in total. The van der Waals surface area contributed by atoms with Crippen molar-refractivity contribution in [2.75, 3.05) is 25.2 Å². The smallest absolute Gasteiger partial charge is 0.158 e. The Morgan fingerprint density at radius 3 is 2.42 bits per heavy atom. The predicted molar refractivity (Wildman–Crippen MR) is 52.5 cm³/mol. The third kappa shape index (κ3) is 3.33. The van der Waals surface area contributed by atoms with E-state index >= 15 is 0 Å². The highest BCUT2D eigenvalue weighted by molar-refractivity contribution is 7.98. The van der Waals surface area contributed by atoms with Gasteiger partial charge < -0.3 is 9.47 Å². The van der Waals surface area contributed by atoms with Gasteiger partial charge in [0.15, 0.2) is 6.29 Å². The van der Waals surface area contributed by atoms with Crippen LogP contribution < -0.4 is 0 Å². The number of rotatable bonds is 3. The van der Waals surface area contributed by atoms with Crippen LogP contribution in [-0.4, -0.2) is 31.5 Å². The third-order valence-electron chi connectivity index (χ3n) is 1.88. The molecule has 0 unspecified atom stereocenters. The van der Waals surface area contributed by atoms with Gasteiger partial charge in [-0.25, -0.2) is 0 Å². The van der Waals surface area contributed by atoms with Gasteiger partial charge in [0.1, 0.15) is 0 Å². The van der Waals surface area contributed by atoms with Gasteiger partial charge in [-0.15, -0.1) is 0 Å². The van der Waals surface area contributed by atoms with Gasteiger partial charge in [0.25, 0.3) is 0 Å². The van der Waals surface area contributed by atoms with Crippen molar-refractivity contribution in [1.29, 1.82) is 0 Å². The first kappa shape index (κ1) is 10.4. The van der Waals surface area contributed by atoms with E-state index in [0.717, 1.165) is 25.4 Å². The quantitative estimate of drug-likeness (QED) is 0.679. The fraction of sp³-hybridized carbons (Fsp3) is 1.00. The topological polar surface area (TPSA) is 18.5 Å². The number of hydrogen-bond acceptors (Lipinski definition) is 3. The molecule has 1 fully saturated rings. The van der Waals surface area contributed by atoms with Gasteiger partial charge in [-0.05, 0) is 12.0 Å². The summed E-state index contributed by atoms with van der Waals surface area (Å²) in [5.74, 6) is 1.12. The molecule has 0 aromatic rings. The molecule has 1 saturated heterocycles. The van der Waals surface area contributed by atoms with Gasteiger partial charge in [-0.1, -0.05) is 13.8 Å². The summed E-state index contributed by atoms with van der Waals surface area (Å²) in [6.07, 6.45) is 3.16. The SMILES string of the molecule is CSCCC1OCC(C)(C)CO1. The molecule has 0 aliphatic carbocycles. The summed E-state index contributed by atoms with van der Waals surface area (Å²) in [5, 5.41) is 0. The molecule has 0 bridgehead atoms. The highest BCUT2D eigenvalue weighted by Crippen LogP contribution is 2.24. The summed E-state index contributed by atoms with van der Waals surface area (Å²) in [6.45, 7) is 5.98. The molecular formula is C9H18O2S. The molecule has 0 radical (unpaired) electrons. The molecule has 0 N–H and O–H groups in total. The lowest BCUT2D eigenvalue weighted by Crippen LogP contribution is -2.37. The van der Waals surface area contributed by atoms with E-state index in [4.69, 9.17) is 9.47 Å². The van der Waals surface area contributed by atoms with Crippen LogP contribution in [0.5, 0.6) is 0 Å². The average Bonchev–Trinajstić information content (AvgIpc) is 2.03. The fourth-order valence-corrected chi connectivity index (χ4v) is 1.54. The van der Waals surface area contributed by atoms with E-state index in [-0.39, 0.29) is 11.7 Å². The molecular weight excluding hydrogens is 172 g/mol. The van der Waals surface area contributed by atoms with E-state index in [2.05, 4.69) is 20.1 Å². The van der Waals surface area contributed by atoms with Crippen molar-refractivity contribution in [1.82, 2.24) is 0 Å². The van der Waals surface area contributed by atoms with Crippen molar-refractivity contribution < 1.29 is 9.47 Å². The molecule has 12 heavy (non-hydrogen) atoms. The Labute approximate surface area is 79.0 Å². The fourth-order valence-electron chi connectivity index (χ4n) is 1.11. The van der Waals surface area contributed by atoms with Crippen LogP contribution in [0, 0.1) is 5.41 Å². The van der Waals surface area contributed by atoms with Gasteiger partial charge >= 0.3 is 0 Å². The highest BCUT2D eigenvalue weighted by atomic mass is 32.2. The molecule has 1 aliphatic heterocycles. The van der Waals surface area contributed by atoms with E-state index in [9.17, 15) is 0 Å². The van der Waals surface area contributed by atoms with E-state index in [0.29, 0.717) is 0 Å². The average molecular weight is 190 g/mol. The zero-order valence-corrected chi connectivity index (χ0v) is 8.95. The van der Waals surface area contributed by atoms with Gasteiger partial charge in [-0.2, -0.15) is 11.8 Å². The van der Waals surface area contributed by atoms with Gasteiger partial charge in [0.2, 0.25) is 0 Å². The molecule has 0 amide bonds. The van der Waals surface area contributed by atoms with Crippen molar-refractivity contribution in [3.63, 3.8) is 0 Å². The second-order valence-corrected chi connectivity index (χ2v) is 4.98. The Morgan fingerprint density at radius 2 is 1.92 bits per heavy atom. The summed E-state index contributed by atoms with van der Waals surface area (Å²) in [5.41, 5.74) is 0.204. The molecule has 72 valence electrons. The van der Waals surface area contributed by atoms with Crippen molar-refractivity contribution >= 4 is 11.8 Å². The maximum absolute atomic E-state index is 5.56. The molecule has 0 aromatic carbocycles. The Morgan fingerprint density at radius 1 is 1.33 bits per heavy atom. The Balaban J connectivity index is 2.18. The van der Waals surface area contributed by atoms with Crippen molar-refractivity contribution in [3.05, 3.63) is 0 Å². The molecule has 0 spiro atoms. The van der Waals surface area contributed by atoms with Gasteiger partial charge in [0.05, 0.1) is 13.2 Å². The van der Waals surface area contributed by atoms with Gasteiger partial charge in [-0.3, -0.25) is 0 Å². The Bertz CT molecular complexity index is 126. The van der Waals surface area contributed by atoms with Crippen molar-refractivity contribution in [3.8, 4) is 0 Å². The zero-order chi connectivity index (χ0) is 9.03. The summed E-state index contributed by atoms with van der Waals surface area (Å²) < 4.78 is 11.1. The first-order valence-corrected chi connectivity index (χ1v) is 5.75. The molecule has 1 aliphatic rings. The zero-order valence-electron chi connectivity index (χ0n) is 8.13. The van der Waals surface area contributed by atoms with Crippen LogP contribution in [0.4, 0.5) is 0 Å². The summed E-state index contributed by atoms with van der Waals surface area (Å²) in [4.78, 5) is 0. The summed E-state index contributed by atoms with van der Waals surface area (Å²) in [6, 6.07) is 0. The Hall–Kier alpha value is 0.270. The molecule has 3 heteroatoms. The maximum Gasteiger partial charge on any atom is 0.158 e. The standard InChI is InChI=1S/C9H18O2S/c1-9(2)6-10-8(11-7-9)4-5-12-3/h8H,4-7H2,1-3H3. The van der Waals surface area contributed by atoms with E-state index in [1.807, 2.05) is 11.8 Å². The normalized spacial score (nSPS) is 24.2. The summed E-state index contributed by atoms with van der Waals surface area (Å²) >= 11 is 1.84. The number of ether oxygens (including phenoxy) is 2. The lowest BCUT2D eigenvalue weighted by molar-refractivity contribution is -0.221. The van der Waals surface area contributed by atoms with Crippen LogP contribution in [0.1, 0.15) is 20.3 Å². The van der Waals surface area contributed by atoms with Crippen LogP contribution in [0.2, 0.25) is 0 Å². The predicted octanol–water partition coefficient (Wildman–Crippen LogP) is 2.14. The first-order valence-electron chi connectivity index (χ1n) is 4.36. The van der Waals surface area contributed by atoms with Gasteiger partial charge in [0, 0.05) is 11.8 Å². The monoisotopic (exact) mass is 190 g/mol. The maximum atomic E-state index is 5.56. The van der Waals surface area contributed by atoms with E-state index in [1.165, 1.54) is 0 Å². The van der Waals surface area contributed by atoms with E-state index in [1.54, 1.807) is 0 Å². The minimum Gasteiger partial charge on any atom is -0.352 e. The van der Waals surface area contributed by atoms with Crippen molar-refractivity contribution in [2.24, 2.45) is 5.41 Å².